The molecule has 0 bridgehead atoms. The quantitative estimate of drug-likeness (QED) is 0.789. The second-order valence-corrected chi connectivity index (χ2v) is 5.48. The molecule has 0 radical (unpaired) electrons. The Morgan fingerprint density at radius 3 is 2.90 bits per heavy atom. The molecule has 0 amide bonds. The molecule has 2 heterocycles. The lowest BCUT2D eigenvalue weighted by atomic mass is 10.1. The summed E-state index contributed by atoms with van der Waals surface area (Å²) < 4.78 is 0. The molecule has 98 valence electrons. The second kappa shape index (κ2) is 5.72. The summed E-state index contributed by atoms with van der Waals surface area (Å²) in [6, 6.07) is 16.1. The van der Waals surface area contributed by atoms with E-state index in [1.807, 2.05) is 30.3 Å². The van der Waals surface area contributed by atoms with Crippen LogP contribution in [0.15, 0.2) is 47.8 Å². The first-order chi connectivity index (χ1) is 9.86. The van der Waals surface area contributed by atoms with Gasteiger partial charge in [0.1, 0.15) is 11.9 Å². The maximum absolute atomic E-state index is 9.23. The largest absolute Gasteiger partial charge is 0.369 e. The van der Waals surface area contributed by atoms with Gasteiger partial charge in [0.05, 0.1) is 11.1 Å². The molecule has 0 spiro atoms. The van der Waals surface area contributed by atoms with Gasteiger partial charge >= 0.3 is 0 Å². The van der Waals surface area contributed by atoms with E-state index in [1.165, 1.54) is 4.88 Å². The molecule has 0 aliphatic carbocycles. The van der Waals surface area contributed by atoms with Crippen molar-refractivity contribution in [2.45, 2.75) is 6.42 Å². The van der Waals surface area contributed by atoms with Crippen molar-refractivity contribution in [2.75, 3.05) is 11.9 Å². The van der Waals surface area contributed by atoms with Crippen molar-refractivity contribution >= 4 is 28.1 Å². The van der Waals surface area contributed by atoms with Crippen LogP contribution in [0.2, 0.25) is 0 Å². The Kier molecular flexibility index (Phi) is 3.62. The first kappa shape index (κ1) is 12.6. The number of thiophene rings is 1. The molecule has 3 nitrogen and oxygen atoms in total. The van der Waals surface area contributed by atoms with Gasteiger partial charge in [0.2, 0.25) is 0 Å². The van der Waals surface area contributed by atoms with E-state index in [-0.39, 0.29) is 0 Å². The Labute approximate surface area is 121 Å². The van der Waals surface area contributed by atoms with E-state index in [0.717, 1.165) is 23.9 Å². The fourth-order valence-corrected chi connectivity index (χ4v) is 2.80. The monoisotopic (exact) mass is 279 g/mol. The number of nitrogens with zero attached hydrogens (tertiary/aromatic N) is 2. The normalized spacial score (nSPS) is 10.3. The molecule has 0 saturated heterocycles. The molecule has 2 aromatic heterocycles. The summed E-state index contributed by atoms with van der Waals surface area (Å²) >= 11 is 1.75. The number of hydrogen-bond acceptors (Lipinski definition) is 4. The van der Waals surface area contributed by atoms with Gasteiger partial charge in [-0.2, -0.15) is 5.26 Å². The Hall–Kier alpha value is -2.38. The molecule has 3 aromatic rings. The van der Waals surface area contributed by atoms with E-state index in [1.54, 1.807) is 11.3 Å². The lowest BCUT2D eigenvalue weighted by Crippen LogP contribution is -2.07. The zero-order valence-electron chi connectivity index (χ0n) is 10.8. The zero-order chi connectivity index (χ0) is 13.8. The minimum Gasteiger partial charge on any atom is -0.369 e. The third kappa shape index (κ3) is 2.63. The van der Waals surface area contributed by atoms with Crippen molar-refractivity contribution in [1.29, 1.82) is 5.26 Å². The third-order valence-corrected chi connectivity index (χ3v) is 4.02. The first-order valence-corrected chi connectivity index (χ1v) is 7.31. The summed E-state index contributed by atoms with van der Waals surface area (Å²) in [4.78, 5) is 5.87. The minimum absolute atomic E-state index is 0.592. The Bertz CT molecular complexity index is 757. The van der Waals surface area contributed by atoms with Crippen molar-refractivity contribution < 1.29 is 0 Å². The van der Waals surface area contributed by atoms with Crippen LogP contribution in [0.3, 0.4) is 0 Å². The fraction of sp³-hybridized carbons (Fsp3) is 0.125. The van der Waals surface area contributed by atoms with Crippen LogP contribution in [0, 0.1) is 11.3 Å². The average Bonchev–Trinajstić information content (AvgIpc) is 3.00. The predicted octanol–water partition coefficient (Wildman–Crippen LogP) is 3.82. The first-order valence-electron chi connectivity index (χ1n) is 6.43. The van der Waals surface area contributed by atoms with Crippen molar-refractivity contribution in [3.8, 4) is 6.07 Å². The number of fused-ring (bicyclic) bond motifs is 1. The van der Waals surface area contributed by atoms with Crippen LogP contribution in [0.25, 0.3) is 10.9 Å². The van der Waals surface area contributed by atoms with Gasteiger partial charge in [0, 0.05) is 16.8 Å². The highest BCUT2D eigenvalue weighted by atomic mass is 32.1. The van der Waals surface area contributed by atoms with Crippen LogP contribution in [-0.4, -0.2) is 11.5 Å². The smallest absolute Gasteiger partial charge is 0.144 e. The molecule has 0 unspecified atom stereocenters. The number of para-hydroxylation sites is 1. The highest BCUT2D eigenvalue weighted by Crippen LogP contribution is 2.20. The molecule has 0 saturated carbocycles. The van der Waals surface area contributed by atoms with Gasteiger partial charge in [0.25, 0.3) is 0 Å². The van der Waals surface area contributed by atoms with Crippen molar-refractivity contribution in [3.05, 3.63) is 58.3 Å². The van der Waals surface area contributed by atoms with Crippen LogP contribution in [-0.2, 0) is 6.42 Å². The van der Waals surface area contributed by atoms with E-state index < -0.39 is 0 Å². The van der Waals surface area contributed by atoms with E-state index in [0.29, 0.717) is 11.4 Å². The maximum atomic E-state index is 9.23. The number of hydrogen-bond donors (Lipinski definition) is 1. The molecule has 0 aliphatic heterocycles. The summed E-state index contributed by atoms with van der Waals surface area (Å²) in [5.74, 6) is 0.669. The van der Waals surface area contributed by atoms with Crippen LogP contribution in [0.1, 0.15) is 10.4 Å². The van der Waals surface area contributed by atoms with Gasteiger partial charge < -0.3 is 5.32 Å². The second-order valence-electron chi connectivity index (χ2n) is 4.45. The average molecular weight is 279 g/mol. The van der Waals surface area contributed by atoms with Gasteiger partial charge in [-0.25, -0.2) is 4.98 Å². The van der Waals surface area contributed by atoms with E-state index in [9.17, 15) is 5.26 Å². The molecule has 0 aliphatic rings. The summed E-state index contributed by atoms with van der Waals surface area (Å²) in [6.07, 6.45) is 0.942. The third-order valence-electron chi connectivity index (χ3n) is 3.09. The topological polar surface area (TPSA) is 48.7 Å². The van der Waals surface area contributed by atoms with Gasteiger partial charge in [0.15, 0.2) is 0 Å². The molecular formula is C16H13N3S. The summed E-state index contributed by atoms with van der Waals surface area (Å²) in [5, 5.41) is 15.6. The lowest BCUT2D eigenvalue weighted by molar-refractivity contribution is 1.03. The van der Waals surface area contributed by atoms with Gasteiger partial charge in [-0.3, -0.25) is 0 Å². The highest BCUT2D eigenvalue weighted by molar-refractivity contribution is 7.09. The number of anilines is 1. The van der Waals surface area contributed by atoms with Gasteiger partial charge in [-0.1, -0.05) is 24.3 Å². The molecular weight excluding hydrogens is 266 g/mol. The highest BCUT2D eigenvalue weighted by Gasteiger charge is 2.06. The van der Waals surface area contributed by atoms with Crippen LogP contribution < -0.4 is 5.32 Å². The maximum Gasteiger partial charge on any atom is 0.144 e. The summed E-state index contributed by atoms with van der Waals surface area (Å²) in [5.41, 5.74) is 1.50. The summed E-state index contributed by atoms with van der Waals surface area (Å²) in [6.45, 7) is 0.778. The van der Waals surface area contributed by atoms with Crippen LogP contribution in [0.5, 0.6) is 0 Å². The Morgan fingerprint density at radius 2 is 2.10 bits per heavy atom. The number of rotatable bonds is 4. The SMILES string of the molecule is N#Cc1cc2ccccc2nc1NCCc1cccs1. The van der Waals surface area contributed by atoms with Crippen molar-refractivity contribution in [2.24, 2.45) is 0 Å². The number of nitriles is 1. The van der Waals surface area contributed by atoms with Crippen LogP contribution in [0.4, 0.5) is 5.82 Å². The number of aromatic nitrogens is 1. The van der Waals surface area contributed by atoms with E-state index >= 15 is 0 Å². The molecule has 0 fully saturated rings. The van der Waals surface area contributed by atoms with Crippen molar-refractivity contribution in [3.63, 3.8) is 0 Å². The molecule has 20 heavy (non-hydrogen) atoms. The minimum atomic E-state index is 0.592. The van der Waals surface area contributed by atoms with Crippen LogP contribution >= 0.6 is 11.3 Å². The standard InChI is InChI=1S/C16H13N3S/c17-11-13-10-12-4-1-2-6-15(12)19-16(13)18-8-7-14-5-3-9-20-14/h1-6,9-10H,7-8H2,(H,18,19). The van der Waals surface area contributed by atoms with E-state index in [4.69, 9.17) is 0 Å². The molecule has 1 aromatic carbocycles. The number of pyridine rings is 1. The summed E-state index contributed by atoms with van der Waals surface area (Å²) in [7, 11) is 0. The van der Waals surface area contributed by atoms with E-state index in [2.05, 4.69) is 33.9 Å². The Morgan fingerprint density at radius 1 is 1.20 bits per heavy atom. The molecule has 4 heteroatoms. The Balaban J connectivity index is 1.81. The van der Waals surface area contributed by atoms with Gasteiger partial charge in [-0.05, 0) is 30.0 Å². The lowest BCUT2D eigenvalue weighted by Gasteiger charge is -2.08. The molecule has 1 N–H and O–H groups in total. The van der Waals surface area contributed by atoms with Gasteiger partial charge in [-0.15, -0.1) is 11.3 Å². The molecule has 0 atom stereocenters. The fourth-order valence-electron chi connectivity index (χ4n) is 2.09. The van der Waals surface area contributed by atoms with Crippen molar-refractivity contribution in [1.82, 2.24) is 4.98 Å². The number of benzene rings is 1. The number of nitrogens with one attached hydrogen (secondary N) is 1. The zero-order valence-corrected chi connectivity index (χ0v) is 11.7. The molecule has 3 rings (SSSR count). The predicted molar refractivity (Wildman–Crippen MR) is 83.0 cm³/mol.